The van der Waals surface area contributed by atoms with Crippen molar-refractivity contribution in [1.82, 2.24) is 4.98 Å². The van der Waals surface area contributed by atoms with E-state index in [0.29, 0.717) is 22.5 Å². The van der Waals surface area contributed by atoms with Gasteiger partial charge >= 0.3 is 0 Å². The van der Waals surface area contributed by atoms with Gasteiger partial charge in [-0.25, -0.2) is 4.98 Å². The van der Waals surface area contributed by atoms with Crippen LogP contribution >= 0.6 is 39.1 Å². The Morgan fingerprint density at radius 2 is 2.06 bits per heavy atom. The van der Waals surface area contributed by atoms with Gasteiger partial charge in [0.25, 0.3) is 0 Å². The Kier molecular flexibility index (Phi) is 4.26. The lowest BCUT2D eigenvalue weighted by Crippen LogP contribution is -1.89. The summed E-state index contributed by atoms with van der Waals surface area (Å²) in [5.74, 6) is 1.48. The number of aromatic nitrogens is 1. The Morgan fingerprint density at radius 3 is 2.71 bits per heavy atom. The molecule has 2 aromatic rings. The molecule has 88 valence electrons. The van der Waals surface area contributed by atoms with Crippen LogP contribution in [-0.2, 0) is 5.88 Å². The van der Waals surface area contributed by atoms with E-state index in [1.54, 1.807) is 24.4 Å². The van der Waals surface area contributed by atoms with Crippen LogP contribution in [0.15, 0.2) is 41.0 Å². The van der Waals surface area contributed by atoms with Gasteiger partial charge in [0, 0.05) is 22.6 Å². The standard InChI is InChI=1S/C12H8BrCl2NO/c13-9-2-3-10(15)11(5-9)17-12-4-1-8(6-14)7-16-12/h1-5,7H,6H2. The summed E-state index contributed by atoms with van der Waals surface area (Å²) in [5.41, 5.74) is 0.944. The van der Waals surface area contributed by atoms with Gasteiger partial charge in [-0.2, -0.15) is 0 Å². The number of ether oxygens (including phenoxy) is 1. The molecule has 0 saturated carbocycles. The Balaban J connectivity index is 2.22. The number of nitrogens with zero attached hydrogens (tertiary/aromatic N) is 1. The zero-order valence-corrected chi connectivity index (χ0v) is 11.8. The molecule has 0 radical (unpaired) electrons. The molecule has 0 aliphatic rings. The van der Waals surface area contributed by atoms with Crippen LogP contribution in [0.4, 0.5) is 0 Å². The number of rotatable bonds is 3. The number of pyridine rings is 1. The average molecular weight is 333 g/mol. The first-order valence-electron chi connectivity index (χ1n) is 4.83. The molecule has 0 bridgehead atoms. The van der Waals surface area contributed by atoms with Gasteiger partial charge in [-0.1, -0.05) is 33.6 Å². The zero-order valence-electron chi connectivity index (χ0n) is 8.66. The summed E-state index contributed by atoms with van der Waals surface area (Å²) < 4.78 is 6.47. The molecular formula is C12H8BrCl2NO. The molecule has 2 rings (SSSR count). The second-order valence-corrected chi connectivity index (χ2v) is 4.91. The highest BCUT2D eigenvalue weighted by Crippen LogP contribution is 2.31. The molecule has 0 spiro atoms. The average Bonchev–Trinajstić information content (AvgIpc) is 2.35. The lowest BCUT2D eigenvalue weighted by atomic mass is 10.3. The summed E-state index contributed by atoms with van der Waals surface area (Å²) in [7, 11) is 0. The molecule has 5 heteroatoms. The highest BCUT2D eigenvalue weighted by atomic mass is 79.9. The van der Waals surface area contributed by atoms with Crippen molar-refractivity contribution < 1.29 is 4.74 Å². The highest BCUT2D eigenvalue weighted by Gasteiger charge is 2.04. The van der Waals surface area contributed by atoms with Gasteiger partial charge in [0.05, 0.1) is 5.02 Å². The molecule has 0 saturated heterocycles. The van der Waals surface area contributed by atoms with E-state index in [1.165, 1.54) is 0 Å². The van der Waals surface area contributed by atoms with Crippen molar-refractivity contribution in [3.05, 3.63) is 51.6 Å². The van der Waals surface area contributed by atoms with Gasteiger partial charge in [-0.3, -0.25) is 0 Å². The molecule has 0 N–H and O–H groups in total. The third kappa shape index (κ3) is 3.35. The SMILES string of the molecule is ClCc1ccc(Oc2cc(Br)ccc2Cl)nc1. The van der Waals surface area contributed by atoms with Crippen molar-refractivity contribution in [2.75, 3.05) is 0 Å². The van der Waals surface area contributed by atoms with Crippen LogP contribution in [-0.4, -0.2) is 4.98 Å². The number of hydrogen-bond donors (Lipinski definition) is 0. The molecule has 0 unspecified atom stereocenters. The molecule has 0 aliphatic heterocycles. The van der Waals surface area contributed by atoms with E-state index in [4.69, 9.17) is 27.9 Å². The van der Waals surface area contributed by atoms with Crippen molar-refractivity contribution in [3.63, 3.8) is 0 Å². The van der Waals surface area contributed by atoms with Crippen molar-refractivity contribution in [2.45, 2.75) is 5.88 Å². The van der Waals surface area contributed by atoms with Crippen molar-refractivity contribution in [3.8, 4) is 11.6 Å². The Hall–Kier alpha value is -0.770. The van der Waals surface area contributed by atoms with Crippen LogP contribution < -0.4 is 4.74 Å². The minimum Gasteiger partial charge on any atom is -0.437 e. The van der Waals surface area contributed by atoms with Gasteiger partial charge in [-0.15, -0.1) is 11.6 Å². The first-order chi connectivity index (χ1) is 8.19. The summed E-state index contributed by atoms with van der Waals surface area (Å²) in [6, 6.07) is 9.02. The van der Waals surface area contributed by atoms with E-state index >= 15 is 0 Å². The number of halogens is 3. The van der Waals surface area contributed by atoms with E-state index in [2.05, 4.69) is 20.9 Å². The highest BCUT2D eigenvalue weighted by molar-refractivity contribution is 9.10. The predicted molar refractivity (Wildman–Crippen MR) is 73.0 cm³/mol. The largest absolute Gasteiger partial charge is 0.437 e. The van der Waals surface area contributed by atoms with E-state index in [9.17, 15) is 0 Å². The van der Waals surface area contributed by atoms with Gasteiger partial charge in [0.2, 0.25) is 5.88 Å². The zero-order chi connectivity index (χ0) is 12.3. The normalized spacial score (nSPS) is 10.3. The van der Waals surface area contributed by atoms with Crippen molar-refractivity contribution >= 4 is 39.1 Å². The second-order valence-electron chi connectivity index (χ2n) is 3.32. The minimum absolute atomic E-state index is 0.435. The smallest absolute Gasteiger partial charge is 0.219 e. The molecule has 1 aromatic carbocycles. The first kappa shape index (κ1) is 12.7. The number of hydrogen-bond acceptors (Lipinski definition) is 2. The van der Waals surface area contributed by atoms with Crippen molar-refractivity contribution in [2.24, 2.45) is 0 Å². The fourth-order valence-electron chi connectivity index (χ4n) is 1.22. The lowest BCUT2D eigenvalue weighted by Gasteiger charge is -2.07. The maximum absolute atomic E-state index is 6.01. The van der Waals surface area contributed by atoms with Gasteiger partial charge < -0.3 is 4.74 Å². The van der Waals surface area contributed by atoms with Crippen LogP contribution in [0.5, 0.6) is 11.6 Å². The fraction of sp³-hybridized carbons (Fsp3) is 0.0833. The van der Waals surface area contributed by atoms with Crippen molar-refractivity contribution in [1.29, 1.82) is 0 Å². The molecule has 2 nitrogen and oxygen atoms in total. The molecule has 1 heterocycles. The number of alkyl halides is 1. The van der Waals surface area contributed by atoms with E-state index < -0.39 is 0 Å². The van der Waals surface area contributed by atoms with Crippen LogP contribution in [0.1, 0.15) is 5.56 Å². The summed E-state index contributed by atoms with van der Waals surface area (Å²) in [6.07, 6.45) is 1.67. The number of benzene rings is 1. The Bertz CT molecular complexity index is 516. The van der Waals surface area contributed by atoms with Gasteiger partial charge in [0.1, 0.15) is 5.75 Å². The Labute approximate surface area is 118 Å². The molecule has 1 aromatic heterocycles. The molecular weight excluding hydrogens is 325 g/mol. The molecule has 0 amide bonds. The maximum atomic E-state index is 6.01. The van der Waals surface area contributed by atoms with E-state index in [0.717, 1.165) is 10.0 Å². The minimum atomic E-state index is 0.435. The van der Waals surface area contributed by atoms with E-state index in [1.807, 2.05) is 12.1 Å². The summed E-state index contributed by atoms with van der Waals surface area (Å²) >= 11 is 15.0. The van der Waals surface area contributed by atoms with Gasteiger partial charge in [-0.05, 0) is 23.8 Å². The maximum Gasteiger partial charge on any atom is 0.219 e. The third-order valence-electron chi connectivity index (χ3n) is 2.06. The van der Waals surface area contributed by atoms with E-state index in [-0.39, 0.29) is 0 Å². The quantitative estimate of drug-likeness (QED) is 0.735. The lowest BCUT2D eigenvalue weighted by molar-refractivity contribution is 0.462. The van der Waals surface area contributed by atoms with Crippen LogP contribution in [0.3, 0.4) is 0 Å². The van der Waals surface area contributed by atoms with Gasteiger partial charge in [0.15, 0.2) is 0 Å². The second kappa shape index (κ2) is 5.71. The fourth-order valence-corrected chi connectivity index (χ4v) is 1.87. The first-order valence-corrected chi connectivity index (χ1v) is 6.53. The summed E-state index contributed by atoms with van der Waals surface area (Å²) in [5, 5.41) is 0.538. The monoisotopic (exact) mass is 331 g/mol. The van der Waals surface area contributed by atoms with Crippen LogP contribution in [0.25, 0.3) is 0 Å². The molecule has 0 atom stereocenters. The van der Waals surface area contributed by atoms with Crippen LogP contribution in [0, 0.1) is 0 Å². The van der Waals surface area contributed by atoms with Crippen LogP contribution in [0.2, 0.25) is 5.02 Å². The predicted octanol–water partition coefficient (Wildman–Crippen LogP) is 5.03. The molecule has 0 fully saturated rings. The molecule has 17 heavy (non-hydrogen) atoms. The Morgan fingerprint density at radius 1 is 1.24 bits per heavy atom. The molecule has 0 aliphatic carbocycles. The summed E-state index contributed by atoms with van der Waals surface area (Å²) in [4.78, 5) is 4.13. The summed E-state index contributed by atoms with van der Waals surface area (Å²) in [6.45, 7) is 0. The topological polar surface area (TPSA) is 22.1 Å². The third-order valence-corrected chi connectivity index (χ3v) is 3.17.